The molecular formula is C14H20N2O4. The standard InChI is InChI=1S/C14H20N2O4/c1-14(2,6-5-11(18)19)7-9-16-13(20)12-10(17)4-3-8-15-12/h3-4,8,17H,5-7,9H2,1-2H3,(H,16,20)(H,18,19). The van der Waals surface area contributed by atoms with Gasteiger partial charge in [-0.05, 0) is 30.4 Å². The van der Waals surface area contributed by atoms with Gasteiger partial charge in [-0.25, -0.2) is 4.98 Å². The lowest BCUT2D eigenvalue weighted by Crippen LogP contribution is -2.29. The van der Waals surface area contributed by atoms with Gasteiger partial charge in [-0.15, -0.1) is 0 Å². The number of hydrogen-bond donors (Lipinski definition) is 3. The molecule has 0 atom stereocenters. The largest absolute Gasteiger partial charge is 0.505 e. The van der Waals surface area contributed by atoms with Gasteiger partial charge in [0.25, 0.3) is 5.91 Å². The van der Waals surface area contributed by atoms with E-state index in [2.05, 4.69) is 10.3 Å². The topological polar surface area (TPSA) is 99.5 Å². The molecule has 0 aliphatic heterocycles. The Balaban J connectivity index is 2.42. The Bertz CT molecular complexity index is 486. The van der Waals surface area contributed by atoms with E-state index in [4.69, 9.17) is 5.11 Å². The van der Waals surface area contributed by atoms with Gasteiger partial charge in [0.05, 0.1) is 0 Å². The second kappa shape index (κ2) is 6.88. The van der Waals surface area contributed by atoms with Crippen molar-refractivity contribution < 1.29 is 19.8 Å². The molecular weight excluding hydrogens is 260 g/mol. The summed E-state index contributed by atoms with van der Waals surface area (Å²) in [6.07, 6.45) is 2.75. The minimum Gasteiger partial charge on any atom is -0.505 e. The molecule has 1 aromatic rings. The summed E-state index contributed by atoms with van der Waals surface area (Å²) in [5.41, 5.74) is -0.173. The maximum atomic E-state index is 11.8. The highest BCUT2D eigenvalue weighted by Gasteiger charge is 2.20. The van der Waals surface area contributed by atoms with E-state index in [0.29, 0.717) is 19.4 Å². The van der Waals surface area contributed by atoms with Crippen molar-refractivity contribution in [2.24, 2.45) is 5.41 Å². The fourth-order valence-corrected chi connectivity index (χ4v) is 1.74. The Morgan fingerprint density at radius 2 is 2.05 bits per heavy atom. The van der Waals surface area contributed by atoms with Crippen molar-refractivity contribution in [3.63, 3.8) is 0 Å². The molecule has 0 fully saturated rings. The molecule has 0 unspecified atom stereocenters. The normalized spacial score (nSPS) is 11.1. The Hall–Kier alpha value is -2.11. The Morgan fingerprint density at radius 3 is 2.65 bits per heavy atom. The molecule has 1 rings (SSSR count). The smallest absolute Gasteiger partial charge is 0.303 e. The molecule has 20 heavy (non-hydrogen) atoms. The number of carbonyl (C=O) groups is 2. The van der Waals surface area contributed by atoms with Gasteiger partial charge in [-0.3, -0.25) is 9.59 Å². The van der Waals surface area contributed by atoms with Crippen LogP contribution in [0, 0.1) is 5.41 Å². The van der Waals surface area contributed by atoms with E-state index in [1.165, 1.54) is 12.3 Å². The maximum absolute atomic E-state index is 11.8. The molecule has 0 saturated heterocycles. The average Bonchev–Trinajstić information content (AvgIpc) is 2.37. The van der Waals surface area contributed by atoms with E-state index >= 15 is 0 Å². The Morgan fingerprint density at radius 1 is 1.35 bits per heavy atom. The minimum absolute atomic E-state index is 0.00385. The van der Waals surface area contributed by atoms with Crippen LogP contribution in [0.3, 0.4) is 0 Å². The average molecular weight is 280 g/mol. The number of carboxylic acids is 1. The molecule has 0 spiro atoms. The number of aromatic nitrogens is 1. The summed E-state index contributed by atoms with van der Waals surface area (Å²) in [5.74, 6) is -1.41. The fraction of sp³-hybridized carbons (Fsp3) is 0.500. The van der Waals surface area contributed by atoms with Gasteiger partial charge in [0, 0.05) is 19.2 Å². The van der Waals surface area contributed by atoms with Crippen LogP contribution in [0.15, 0.2) is 18.3 Å². The van der Waals surface area contributed by atoms with Gasteiger partial charge >= 0.3 is 5.97 Å². The number of rotatable bonds is 7. The predicted octanol–water partition coefficient (Wildman–Crippen LogP) is 1.80. The van der Waals surface area contributed by atoms with Crippen LogP contribution in [0.4, 0.5) is 0 Å². The second-order valence-electron chi connectivity index (χ2n) is 5.43. The minimum atomic E-state index is -0.819. The molecule has 0 aliphatic rings. The first-order chi connectivity index (χ1) is 9.32. The highest BCUT2D eigenvalue weighted by Crippen LogP contribution is 2.26. The van der Waals surface area contributed by atoms with Crippen molar-refractivity contribution in [1.29, 1.82) is 0 Å². The lowest BCUT2D eigenvalue weighted by atomic mass is 9.84. The van der Waals surface area contributed by atoms with Gasteiger partial charge in [0.2, 0.25) is 0 Å². The number of aromatic hydroxyl groups is 1. The monoisotopic (exact) mass is 280 g/mol. The summed E-state index contributed by atoms with van der Waals surface area (Å²) < 4.78 is 0. The van der Waals surface area contributed by atoms with Crippen molar-refractivity contribution in [2.45, 2.75) is 33.1 Å². The number of aliphatic carboxylic acids is 1. The summed E-state index contributed by atoms with van der Waals surface area (Å²) in [6, 6.07) is 2.94. The Kier molecular flexibility index (Phi) is 5.49. The number of nitrogens with zero attached hydrogens (tertiary/aromatic N) is 1. The van der Waals surface area contributed by atoms with Crippen LogP contribution in [0.25, 0.3) is 0 Å². The number of hydrogen-bond acceptors (Lipinski definition) is 4. The van der Waals surface area contributed by atoms with Gasteiger partial charge < -0.3 is 15.5 Å². The highest BCUT2D eigenvalue weighted by atomic mass is 16.4. The zero-order chi connectivity index (χ0) is 15.2. The zero-order valence-corrected chi connectivity index (χ0v) is 11.7. The van der Waals surface area contributed by atoms with Crippen LogP contribution in [-0.4, -0.2) is 33.6 Å². The number of nitrogens with one attached hydrogen (secondary N) is 1. The number of carbonyl (C=O) groups excluding carboxylic acids is 1. The highest BCUT2D eigenvalue weighted by molar-refractivity contribution is 5.94. The molecule has 1 heterocycles. The molecule has 3 N–H and O–H groups in total. The first kappa shape index (κ1) is 15.9. The van der Waals surface area contributed by atoms with Gasteiger partial charge in [-0.1, -0.05) is 13.8 Å². The van der Waals surface area contributed by atoms with Crippen LogP contribution < -0.4 is 5.32 Å². The predicted molar refractivity (Wildman–Crippen MR) is 73.5 cm³/mol. The maximum Gasteiger partial charge on any atom is 0.303 e. The summed E-state index contributed by atoms with van der Waals surface area (Å²) in [4.78, 5) is 26.1. The lowest BCUT2D eigenvalue weighted by Gasteiger charge is -2.23. The first-order valence-electron chi connectivity index (χ1n) is 6.46. The quantitative estimate of drug-likeness (QED) is 0.707. The molecule has 1 amide bonds. The van der Waals surface area contributed by atoms with Crippen LogP contribution in [0.5, 0.6) is 5.75 Å². The molecule has 1 aromatic heterocycles. The SMILES string of the molecule is CC(C)(CCNC(=O)c1ncccc1O)CCC(=O)O. The molecule has 0 bridgehead atoms. The third kappa shape index (κ3) is 5.26. The number of carboxylic acid groups (broad SMARTS) is 1. The van der Waals surface area contributed by atoms with Crippen molar-refractivity contribution in [3.05, 3.63) is 24.0 Å². The molecule has 110 valence electrons. The van der Waals surface area contributed by atoms with Crippen LogP contribution in [0.2, 0.25) is 0 Å². The van der Waals surface area contributed by atoms with Crippen molar-refractivity contribution in [3.8, 4) is 5.75 Å². The summed E-state index contributed by atoms with van der Waals surface area (Å²) in [5, 5.41) is 20.8. The van der Waals surface area contributed by atoms with E-state index in [1.54, 1.807) is 6.07 Å². The third-order valence-corrected chi connectivity index (χ3v) is 3.10. The number of amides is 1. The second-order valence-corrected chi connectivity index (χ2v) is 5.43. The van der Waals surface area contributed by atoms with Gasteiger partial charge in [-0.2, -0.15) is 0 Å². The molecule has 0 radical (unpaired) electrons. The molecule has 6 nitrogen and oxygen atoms in total. The summed E-state index contributed by atoms with van der Waals surface area (Å²) in [6.45, 7) is 4.32. The molecule has 0 saturated carbocycles. The van der Waals surface area contributed by atoms with Gasteiger partial charge in [0.15, 0.2) is 5.69 Å². The van der Waals surface area contributed by atoms with E-state index in [-0.39, 0.29) is 23.3 Å². The van der Waals surface area contributed by atoms with E-state index in [1.807, 2.05) is 13.8 Å². The van der Waals surface area contributed by atoms with Crippen molar-refractivity contribution >= 4 is 11.9 Å². The molecule has 0 aromatic carbocycles. The molecule has 0 aliphatic carbocycles. The lowest BCUT2D eigenvalue weighted by molar-refractivity contribution is -0.137. The number of pyridine rings is 1. The third-order valence-electron chi connectivity index (χ3n) is 3.10. The first-order valence-corrected chi connectivity index (χ1v) is 6.46. The fourth-order valence-electron chi connectivity index (χ4n) is 1.74. The van der Waals surface area contributed by atoms with Crippen LogP contribution >= 0.6 is 0 Å². The van der Waals surface area contributed by atoms with E-state index < -0.39 is 11.9 Å². The van der Waals surface area contributed by atoms with E-state index in [9.17, 15) is 14.7 Å². The zero-order valence-electron chi connectivity index (χ0n) is 11.7. The van der Waals surface area contributed by atoms with Crippen LogP contribution in [0.1, 0.15) is 43.6 Å². The Labute approximate surface area is 117 Å². The van der Waals surface area contributed by atoms with Crippen LogP contribution in [-0.2, 0) is 4.79 Å². The van der Waals surface area contributed by atoms with Crippen molar-refractivity contribution in [1.82, 2.24) is 10.3 Å². The molecule has 6 heteroatoms. The van der Waals surface area contributed by atoms with Crippen molar-refractivity contribution in [2.75, 3.05) is 6.54 Å². The summed E-state index contributed by atoms with van der Waals surface area (Å²) >= 11 is 0. The van der Waals surface area contributed by atoms with E-state index in [0.717, 1.165) is 0 Å². The van der Waals surface area contributed by atoms with Gasteiger partial charge in [0.1, 0.15) is 5.75 Å². The summed E-state index contributed by atoms with van der Waals surface area (Å²) in [7, 11) is 0.